The van der Waals surface area contributed by atoms with Gasteiger partial charge in [-0.3, -0.25) is 4.79 Å². The second-order valence-electron chi connectivity index (χ2n) is 6.41. The molecule has 5 heteroatoms. The summed E-state index contributed by atoms with van der Waals surface area (Å²) in [7, 11) is 0. The van der Waals surface area contributed by atoms with Gasteiger partial charge >= 0.3 is 12.0 Å². The molecule has 20 heavy (non-hydrogen) atoms. The Morgan fingerprint density at radius 3 is 2.30 bits per heavy atom. The Hall–Kier alpha value is -1.26. The molecule has 0 spiro atoms. The monoisotopic (exact) mass is 284 g/mol. The van der Waals surface area contributed by atoms with Crippen molar-refractivity contribution in [1.29, 1.82) is 0 Å². The van der Waals surface area contributed by atoms with Gasteiger partial charge < -0.3 is 15.7 Å². The second kappa shape index (κ2) is 7.50. The number of hydrogen-bond acceptors (Lipinski definition) is 2. The zero-order chi connectivity index (χ0) is 15.2. The molecule has 2 amide bonds. The van der Waals surface area contributed by atoms with Gasteiger partial charge in [0.1, 0.15) is 0 Å². The molecule has 0 aromatic carbocycles. The molecule has 0 heterocycles. The molecule has 1 unspecified atom stereocenters. The van der Waals surface area contributed by atoms with Gasteiger partial charge in [0.25, 0.3) is 0 Å². The van der Waals surface area contributed by atoms with Gasteiger partial charge in [-0.15, -0.1) is 0 Å². The summed E-state index contributed by atoms with van der Waals surface area (Å²) in [6, 6.07) is -0.260. The fourth-order valence-electron chi connectivity index (χ4n) is 2.46. The maximum atomic E-state index is 11.7. The summed E-state index contributed by atoms with van der Waals surface area (Å²) in [6.45, 7) is 6.59. The lowest BCUT2D eigenvalue weighted by Crippen LogP contribution is -2.45. The molecule has 116 valence electrons. The number of nitrogens with one attached hydrogen (secondary N) is 2. The first-order chi connectivity index (χ1) is 9.37. The molecule has 0 aromatic rings. The molecule has 1 aliphatic carbocycles. The van der Waals surface area contributed by atoms with Gasteiger partial charge in [0, 0.05) is 13.1 Å². The molecule has 1 saturated carbocycles. The highest BCUT2D eigenvalue weighted by molar-refractivity contribution is 5.77. The van der Waals surface area contributed by atoms with Crippen molar-refractivity contribution in [2.75, 3.05) is 13.1 Å². The van der Waals surface area contributed by atoms with Crippen LogP contribution in [-0.4, -0.2) is 30.2 Å². The lowest BCUT2D eigenvalue weighted by Gasteiger charge is -2.27. The number of carbonyl (C=O) groups is 2. The number of urea groups is 1. The van der Waals surface area contributed by atoms with Gasteiger partial charge in [0.05, 0.1) is 5.41 Å². The highest BCUT2D eigenvalue weighted by Crippen LogP contribution is 2.27. The van der Waals surface area contributed by atoms with Crippen LogP contribution in [0, 0.1) is 17.3 Å². The van der Waals surface area contributed by atoms with Crippen molar-refractivity contribution >= 4 is 12.0 Å². The van der Waals surface area contributed by atoms with Crippen molar-refractivity contribution in [1.82, 2.24) is 10.6 Å². The van der Waals surface area contributed by atoms with E-state index in [0.717, 1.165) is 5.92 Å². The third kappa shape index (κ3) is 5.02. The Balaban J connectivity index is 2.25. The van der Waals surface area contributed by atoms with E-state index in [4.69, 9.17) is 5.11 Å². The Labute approximate surface area is 121 Å². The van der Waals surface area contributed by atoms with Gasteiger partial charge in [-0.2, -0.15) is 0 Å². The highest BCUT2D eigenvalue weighted by atomic mass is 16.4. The molecule has 0 saturated heterocycles. The van der Waals surface area contributed by atoms with Gasteiger partial charge in [-0.05, 0) is 38.0 Å². The minimum Gasteiger partial charge on any atom is -0.481 e. The molecule has 1 rings (SSSR count). The summed E-state index contributed by atoms with van der Waals surface area (Å²) in [5.74, 6) is 0.497. The number of rotatable bonds is 6. The number of aliphatic carboxylic acids is 1. The van der Waals surface area contributed by atoms with Crippen molar-refractivity contribution in [3.05, 3.63) is 0 Å². The van der Waals surface area contributed by atoms with Crippen LogP contribution >= 0.6 is 0 Å². The Morgan fingerprint density at radius 1 is 1.20 bits per heavy atom. The minimum atomic E-state index is -0.891. The summed E-state index contributed by atoms with van der Waals surface area (Å²) in [5, 5.41) is 14.7. The van der Waals surface area contributed by atoms with Crippen LogP contribution in [0.1, 0.15) is 52.9 Å². The molecule has 0 bridgehead atoms. The maximum Gasteiger partial charge on any atom is 0.314 e. The summed E-state index contributed by atoms with van der Waals surface area (Å²) in [6.07, 6.45) is 5.30. The number of amides is 2. The van der Waals surface area contributed by atoms with Crippen molar-refractivity contribution < 1.29 is 14.7 Å². The topological polar surface area (TPSA) is 78.4 Å². The van der Waals surface area contributed by atoms with E-state index in [1.165, 1.54) is 25.7 Å². The van der Waals surface area contributed by atoms with Gasteiger partial charge in [0.15, 0.2) is 0 Å². The Kier molecular flexibility index (Phi) is 6.30. The van der Waals surface area contributed by atoms with E-state index in [1.54, 1.807) is 6.92 Å². The average molecular weight is 284 g/mol. The van der Waals surface area contributed by atoms with Gasteiger partial charge in [0.2, 0.25) is 0 Å². The van der Waals surface area contributed by atoms with Crippen molar-refractivity contribution in [3.63, 3.8) is 0 Å². The Bertz CT molecular complexity index is 338. The molecular formula is C15H28N2O3. The molecule has 1 atom stereocenters. The highest BCUT2D eigenvalue weighted by Gasteiger charge is 2.31. The normalized spacial score (nSPS) is 25.6. The SMILES string of the molecule is CCC(C)(CNC(=O)NCC1CCC(C)CC1)C(=O)O. The number of carboxylic acid groups (broad SMARTS) is 1. The molecule has 3 N–H and O–H groups in total. The summed E-state index contributed by atoms with van der Waals surface area (Å²) in [5.41, 5.74) is -0.891. The van der Waals surface area contributed by atoms with Crippen LogP contribution < -0.4 is 10.6 Å². The zero-order valence-electron chi connectivity index (χ0n) is 12.9. The number of carbonyl (C=O) groups excluding carboxylic acids is 1. The van der Waals surface area contributed by atoms with E-state index < -0.39 is 11.4 Å². The Morgan fingerprint density at radius 2 is 1.80 bits per heavy atom. The van der Waals surface area contributed by atoms with Crippen LogP contribution in [0.25, 0.3) is 0 Å². The largest absolute Gasteiger partial charge is 0.481 e. The molecule has 1 fully saturated rings. The van der Waals surface area contributed by atoms with Crippen LogP contribution in [0.5, 0.6) is 0 Å². The van der Waals surface area contributed by atoms with Crippen molar-refractivity contribution in [2.24, 2.45) is 17.3 Å². The smallest absolute Gasteiger partial charge is 0.314 e. The minimum absolute atomic E-state index is 0.159. The van der Waals surface area contributed by atoms with Crippen molar-refractivity contribution in [3.8, 4) is 0 Å². The standard InChI is InChI=1S/C15H28N2O3/c1-4-15(3,13(18)19)10-17-14(20)16-9-12-7-5-11(2)6-8-12/h11-12H,4-10H2,1-3H3,(H,18,19)(H2,16,17,20). The first-order valence-electron chi connectivity index (χ1n) is 7.62. The molecule has 0 radical (unpaired) electrons. The number of hydrogen-bond donors (Lipinski definition) is 3. The zero-order valence-corrected chi connectivity index (χ0v) is 12.9. The van der Waals surface area contributed by atoms with Crippen LogP contribution in [0.3, 0.4) is 0 Å². The van der Waals surface area contributed by atoms with E-state index >= 15 is 0 Å². The van der Waals surface area contributed by atoms with E-state index in [9.17, 15) is 9.59 Å². The third-order valence-corrected chi connectivity index (χ3v) is 4.62. The fourth-order valence-corrected chi connectivity index (χ4v) is 2.46. The first-order valence-corrected chi connectivity index (χ1v) is 7.62. The number of carboxylic acids is 1. The molecular weight excluding hydrogens is 256 g/mol. The van der Waals surface area contributed by atoms with E-state index in [1.807, 2.05) is 6.92 Å². The summed E-state index contributed by atoms with van der Waals surface area (Å²) >= 11 is 0. The third-order valence-electron chi connectivity index (χ3n) is 4.62. The van der Waals surface area contributed by atoms with E-state index in [2.05, 4.69) is 17.6 Å². The molecule has 0 aromatic heterocycles. The molecule has 0 aliphatic heterocycles. The van der Waals surface area contributed by atoms with Gasteiger partial charge in [-0.1, -0.05) is 26.7 Å². The predicted octanol–water partition coefficient (Wildman–Crippen LogP) is 2.61. The first kappa shape index (κ1) is 16.8. The maximum absolute atomic E-state index is 11.7. The molecule has 1 aliphatic rings. The van der Waals surface area contributed by atoms with Crippen molar-refractivity contribution in [2.45, 2.75) is 52.9 Å². The predicted molar refractivity (Wildman–Crippen MR) is 78.6 cm³/mol. The lowest BCUT2D eigenvalue weighted by atomic mass is 9.83. The summed E-state index contributed by atoms with van der Waals surface area (Å²) in [4.78, 5) is 22.8. The summed E-state index contributed by atoms with van der Waals surface area (Å²) < 4.78 is 0. The van der Waals surface area contributed by atoms with E-state index in [0.29, 0.717) is 18.9 Å². The van der Waals surface area contributed by atoms with E-state index in [-0.39, 0.29) is 12.6 Å². The van der Waals surface area contributed by atoms with Crippen LogP contribution in [0.15, 0.2) is 0 Å². The van der Waals surface area contributed by atoms with Crippen LogP contribution in [0.2, 0.25) is 0 Å². The lowest BCUT2D eigenvalue weighted by molar-refractivity contribution is -0.147. The van der Waals surface area contributed by atoms with Crippen LogP contribution in [0.4, 0.5) is 4.79 Å². The quantitative estimate of drug-likeness (QED) is 0.701. The fraction of sp³-hybridized carbons (Fsp3) is 0.867. The average Bonchev–Trinajstić information content (AvgIpc) is 2.43. The van der Waals surface area contributed by atoms with Gasteiger partial charge in [-0.25, -0.2) is 4.79 Å². The molecule has 5 nitrogen and oxygen atoms in total. The van der Waals surface area contributed by atoms with Crippen LogP contribution in [-0.2, 0) is 4.79 Å². The second-order valence-corrected chi connectivity index (χ2v) is 6.41.